The van der Waals surface area contributed by atoms with Crippen molar-refractivity contribution in [2.24, 2.45) is 0 Å². The second kappa shape index (κ2) is 6.77. The third-order valence-corrected chi connectivity index (χ3v) is 4.32. The molecule has 1 heterocycles. The van der Waals surface area contributed by atoms with Crippen molar-refractivity contribution in [1.82, 2.24) is 9.97 Å². The Morgan fingerprint density at radius 3 is 2.68 bits per heavy atom. The highest BCUT2D eigenvalue weighted by Gasteiger charge is 2.19. The highest BCUT2D eigenvalue weighted by molar-refractivity contribution is 5.42. The van der Waals surface area contributed by atoms with Crippen LogP contribution in [0.4, 0.5) is 5.82 Å². The third kappa shape index (κ3) is 3.56. The van der Waals surface area contributed by atoms with Gasteiger partial charge in [-0.15, -0.1) is 0 Å². The average Bonchev–Trinajstić information content (AvgIpc) is 2.55. The molecular formula is C18H23N3O. The van der Waals surface area contributed by atoms with Crippen molar-refractivity contribution in [3.05, 3.63) is 42.2 Å². The van der Waals surface area contributed by atoms with Gasteiger partial charge in [-0.25, -0.2) is 9.97 Å². The highest BCUT2D eigenvalue weighted by Crippen LogP contribution is 2.27. The van der Waals surface area contributed by atoms with E-state index in [0.717, 1.165) is 11.6 Å². The first-order valence-electron chi connectivity index (χ1n) is 8.02. The van der Waals surface area contributed by atoms with Gasteiger partial charge in [0.05, 0.1) is 0 Å². The monoisotopic (exact) mass is 297 g/mol. The van der Waals surface area contributed by atoms with Gasteiger partial charge in [0.1, 0.15) is 17.9 Å². The number of ether oxygens (including phenoxy) is 1. The summed E-state index contributed by atoms with van der Waals surface area (Å²) in [6.45, 7) is 2.05. The molecule has 0 N–H and O–H groups in total. The molecule has 0 spiro atoms. The third-order valence-electron chi connectivity index (χ3n) is 4.32. The summed E-state index contributed by atoms with van der Waals surface area (Å²) >= 11 is 0. The molecule has 1 aliphatic rings. The standard InChI is InChI=1S/C18H23N3O/c1-14-7-6-10-16(11-14)22-18-12-17(19-13-20-18)21(2)15-8-4-3-5-9-15/h6-7,10-13,15H,3-5,8-9H2,1-2H3. The molecule has 1 aromatic carbocycles. The molecule has 2 aromatic rings. The van der Waals surface area contributed by atoms with E-state index >= 15 is 0 Å². The summed E-state index contributed by atoms with van der Waals surface area (Å²) in [4.78, 5) is 10.9. The summed E-state index contributed by atoms with van der Waals surface area (Å²) in [5, 5.41) is 0. The molecule has 116 valence electrons. The molecule has 0 saturated heterocycles. The van der Waals surface area contributed by atoms with E-state index < -0.39 is 0 Å². The lowest BCUT2D eigenvalue weighted by atomic mass is 9.94. The predicted octanol–water partition coefficient (Wildman–Crippen LogP) is 4.35. The summed E-state index contributed by atoms with van der Waals surface area (Å²) in [6, 6.07) is 10.5. The lowest BCUT2D eigenvalue weighted by molar-refractivity contribution is 0.424. The zero-order chi connectivity index (χ0) is 15.4. The summed E-state index contributed by atoms with van der Waals surface area (Å²) in [5.74, 6) is 2.34. The number of hydrogen-bond acceptors (Lipinski definition) is 4. The van der Waals surface area contributed by atoms with Crippen molar-refractivity contribution >= 4 is 5.82 Å². The Morgan fingerprint density at radius 2 is 1.91 bits per heavy atom. The van der Waals surface area contributed by atoms with Crippen LogP contribution in [0.25, 0.3) is 0 Å². The fourth-order valence-electron chi connectivity index (χ4n) is 3.03. The van der Waals surface area contributed by atoms with E-state index in [9.17, 15) is 0 Å². The second-order valence-electron chi connectivity index (χ2n) is 6.04. The van der Waals surface area contributed by atoms with E-state index in [2.05, 4.69) is 34.9 Å². The van der Waals surface area contributed by atoms with Gasteiger partial charge in [0.25, 0.3) is 0 Å². The first-order chi connectivity index (χ1) is 10.7. The van der Waals surface area contributed by atoms with Crippen molar-refractivity contribution in [2.45, 2.75) is 45.1 Å². The zero-order valence-electron chi connectivity index (χ0n) is 13.3. The number of aromatic nitrogens is 2. The van der Waals surface area contributed by atoms with Gasteiger partial charge in [-0.3, -0.25) is 0 Å². The van der Waals surface area contributed by atoms with Crippen LogP contribution in [0.15, 0.2) is 36.7 Å². The highest BCUT2D eigenvalue weighted by atomic mass is 16.5. The molecule has 1 saturated carbocycles. The maximum atomic E-state index is 5.86. The van der Waals surface area contributed by atoms with Crippen LogP contribution in [0, 0.1) is 6.92 Å². The molecule has 1 aromatic heterocycles. The number of hydrogen-bond donors (Lipinski definition) is 0. The molecule has 0 radical (unpaired) electrons. The molecule has 1 fully saturated rings. The number of rotatable bonds is 4. The van der Waals surface area contributed by atoms with E-state index in [-0.39, 0.29) is 0 Å². The normalized spacial score (nSPS) is 15.5. The minimum atomic E-state index is 0.579. The largest absolute Gasteiger partial charge is 0.439 e. The molecule has 4 nitrogen and oxygen atoms in total. The Kier molecular flexibility index (Phi) is 4.56. The van der Waals surface area contributed by atoms with Gasteiger partial charge in [0, 0.05) is 19.2 Å². The lowest BCUT2D eigenvalue weighted by Gasteiger charge is -2.32. The Morgan fingerprint density at radius 1 is 1.09 bits per heavy atom. The number of nitrogens with zero attached hydrogens (tertiary/aromatic N) is 3. The van der Waals surface area contributed by atoms with E-state index in [1.165, 1.54) is 37.7 Å². The van der Waals surface area contributed by atoms with Crippen LogP contribution in [-0.2, 0) is 0 Å². The van der Waals surface area contributed by atoms with Crippen molar-refractivity contribution in [3.63, 3.8) is 0 Å². The maximum absolute atomic E-state index is 5.86. The fourth-order valence-corrected chi connectivity index (χ4v) is 3.03. The van der Waals surface area contributed by atoms with E-state index in [0.29, 0.717) is 11.9 Å². The van der Waals surface area contributed by atoms with Gasteiger partial charge in [-0.05, 0) is 37.5 Å². The van der Waals surface area contributed by atoms with Crippen LogP contribution in [0.1, 0.15) is 37.7 Å². The molecule has 0 amide bonds. The lowest BCUT2D eigenvalue weighted by Crippen LogP contribution is -2.33. The zero-order valence-corrected chi connectivity index (χ0v) is 13.3. The predicted molar refractivity (Wildman–Crippen MR) is 88.6 cm³/mol. The molecular weight excluding hydrogens is 274 g/mol. The maximum Gasteiger partial charge on any atom is 0.224 e. The van der Waals surface area contributed by atoms with Gasteiger partial charge >= 0.3 is 0 Å². The van der Waals surface area contributed by atoms with E-state index in [1.54, 1.807) is 6.33 Å². The van der Waals surface area contributed by atoms with Crippen LogP contribution >= 0.6 is 0 Å². The molecule has 1 aliphatic carbocycles. The molecule has 4 heteroatoms. The number of benzene rings is 1. The first-order valence-corrected chi connectivity index (χ1v) is 8.02. The number of aryl methyl sites for hydroxylation is 1. The summed E-state index contributed by atoms with van der Waals surface area (Å²) in [5.41, 5.74) is 1.17. The van der Waals surface area contributed by atoms with Crippen LogP contribution in [-0.4, -0.2) is 23.1 Å². The quantitative estimate of drug-likeness (QED) is 0.841. The molecule has 0 unspecified atom stereocenters. The fraction of sp³-hybridized carbons (Fsp3) is 0.444. The topological polar surface area (TPSA) is 38.2 Å². The summed E-state index contributed by atoms with van der Waals surface area (Å²) in [6.07, 6.45) is 8.05. The van der Waals surface area contributed by atoms with Gasteiger partial charge in [0.15, 0.2) is 0 Å². The minimum absolute atomic E-state index is 0.579. The van der Waals surface area contributed by atoms with Crippen LogP contribution in [0.2, 0.25) is 0 Å². The Hall–Kier alpha value is -2.10. The van der Waals surface area contributed by atoms with E-state index in [4.69, 9.17) is 4.74 Å². The average molecular weight is 297 g/mol. The van der Waals surface area contributed by atoms with Gasteiger partial charge in [0.2, 0.25) is 5.88 Å². The van der Waals surface area contributed by atoms with Crippen LogP contribution in [0.3, 0.4) is 0 Å². The first kappa shape index (κ1) is 14.8. The number of anilines is 1. The van der Waals surface area contributed by atoms with Crippen molar-refractivity contribution in [2.75, 3.05) is 11.9 Å². The molecule has 0 bridgehead atoms. The second-order valence-corrected chi connectivity index (χ2v) is 6.04. The van der Waals surface area contributed by atoms with E-state index in [1.807, 2.05) is 24.3 Å². The minimum Gasteiger partial charge on any atom is -0.439 e. The van der Waals surface area contributed by atoms with Gasteiger partial charge in [-0.1, -0.05) is 31.4 Å². The van der Waals surface area contributed by atoms with Crippen molar-refractivity contribution < 1.29 is 4.74 Å². The van der Waals surface area contributed by atoms with Gasteiger partial charge < -0.3 is 9.64 Å². The smallest absolute Gasteiger partial charge is 0.224 e. The Labute approximate surface area is 132 Å². The molecule has 22 heavy (non-hydrogen) atoms. The van der Waals surface area contributed by atoms with Crippen LogP contribution in [0.5, 0.6) is 11.6 Å². The molecule has 0 aliphatic heterocycles. The van der Waals surface area contributed by atoms with Crippen LogP contribution < -0.4 is 9.64 Å². The Bertz CT molecular complexity index is 623. The van der Waals surface area contributed by atoms with Gasteiger partial charge in [-0.2, -0.15) is 0 Å². The van der Waals surface area contributed by atoms with Crippen molar-refractivity contribution in [1.29, 1.82) is 0 Å². The summed E-state index contributed by atoms with van der Waals surface area (Å²) < 4.78 is 5.86. The van der Waals surface area contributed by atoms with Crippen molar-refractivity contribution in [3.8, 4) is 11.6 Å². The molecule has 0 atom stereocenters. The summed E-state index contributed by atoms with van der Waals surface area (Å²) in [7, 11) is 2.12. The SMILES string of the molecule is Cc1cccc(Oc2cc(N(C)C3CCCCC3)ncn2)c1. The Balaban J connectivity index is 1.74. The molecule has 3 rings (SSSR count).